The van der Waals surface area contributed by atoms with Gasteiger partial charge in [-0.3, -0.25) is 5.32 Å². The Labute approximate surface area is 107 Å². The van der Waals surface area contributed by atoms with Gasteiger partial charge in [0.2, 0.25) is 0 Å². The van der Waals surface area contributed by atoms with Crippen LogP contribution in [0.4, 0.5) is 10.5 Å². The lowest BCUT2D eigenvalue weighted by molar-refractivity contribution is 0.132. The van der Waals surface area contributed by atoms with Crippen LogP contribution in [0.1, 0.15) is 20.3 Å². The number of nitrogens with one attached hydrogen (secondary N) is 1. The molecule has 1 atom stereocenters. The first kappa shape index (κ1) is 14.3. The Morgan fingerprint density at radius 1 is 1.39 bits per heavy atom. The van der Waals surface area contributed by atoms with Crippen LogP contribution in [-0.4, -0.2) is 25.3 Å². The van der Waals surface area contributed by atoms with Gasteiger partial charge in [0, 0.05) is 11.2 Å². The molecule has 0 spiro atoms. The van der Waals surface area contributed by atoms with Crippen molar-refractivity contribution >= 4 is 11.8 Å². The van der Waals surface area contributed by atoms with E-state index in [1.807, 2.05) is 13.8 Å². The first-order valence-corrected chi connectivity index (χ1v) is 5.83. The molecule has 1 rings (SSSR count). The average molecular weight is 252 g/mol. The van der Waals surface area contributed by atoms with E-state index in [2.05, 4.69) is 5.32 Å². The van der Waals surface area contributed by atoms with E-state index < -0.39 is 11.6 Å². The SMILES string of the molecule is CCC(C)(N)COC(=O)Nc1ccc(OC)cc1. The molecule has 1 amide bonds. The van der Waals surface area contributed by atoms with Gasteiger partial charge in [-0.1, -0.05) is 6.92 Å². The van der Waals surface area contributed by atoms with Crippen LogP contribution >= 0.6 is 0 Å². The van der Waals surface area contributed by atoms with E-state index in [-0.39, 0.29) is 6.61 Å². The molecule has 1 aromatic rings. The molecule has 100 valence electrons. The van der Waals surface area contributed by atoms with Crippen LogP contribution in [0.15, 0.2) is 24.3 Å². The molecule has 18 heavy (non-hydrogen) atoms. The largest absolute Gasteiger partial charge is 0.497 e. The third-order valence-electron chi connectivity index (χ3n) is 2.68. The highest BCUT2D eigenvalue weighted by atomic mass is 16.5. The molecule has 0 aliphatic rings. The summed E-state index contributed by atoms with van der Waals surface area (Å²) in [5.41, 5.74) is 6.03. The van der Waals surface area contributed by atoms with Gasteiger partial charge in [-0.05, 0) is 37.6 Å². The lowest BCUT2D eigenvalue weighted by Crippen LogP contribution is -2.41. The van der Waals surface area contributed by atoms with Gasteiger partial charge in [-0.25, -0.2) is 4.79 Å². The van der Waals surface area contributed by atoms with Crippen molar-refractivity contribution in [2.45, 2.75) is 25.8 Å². The molecule has 0 aliphatic heterocycles. The van der Waals surface area contributed by atoms with Crippen molar-refractivity contribution in [3.8, 4) is 5.75 Å². The minimum absolute atomic E-state index is 0.186. The molecule has 5 nitrogen and oxygen atoms in total. The molecule has 0 bridgehead atoms. The lowest BCUT2D eigenvalue weighted by atomic mass is 10.0. The van der Waals surface area contributed by atoms with Crippen LogP contribution in [0, 0.1) is 0 Å². The molecule has 3 N–H and O–H groups in total. The second-order valence-corrected chi connectivity index (χ2v) is 4.44. The predicted octanol–water partition coefficient (Wildman–Crippen LogP) is 2.37. The second-order valence-electron chi connectivity index (χ2n) is 4.44. The Hall–Kier alpha value is -1.75. The number of hydrogen-bond donors (Lipinski definition) is 2. The lowest BCUT2D eigenvalue weighted by Gasteiger charge is -2.21. The predicted molar refractivity (Wildman–Crippen MR) is 70.8 cm³/mol. The highest BCUT2D eigenvalue weighted by Crippen LogP contribution is 2.15. The first-order chi connectivity index (χ1) is 8.46. The number of rotatable bonds is 5. The van der Waals surface area contributed by atoms with Crippen LogP contribution in [0.2, 0.25) is 0 Å². The Balaban J connectivity index is 2.44. The zero-order chi connectivity index (χ0) is 13.6. The normalized spacial score (nSPS) is 13.6. The summed E-state index contributed by atoms with van der Waals surface area (Å²) in [5, 5.41) is 2.62. The number of anilines is 1. The summed E-state index contributed by atoms with van der Waals surface area (Å²) in [7, 11) is 1.59. The number of methoxy groups -OCH3 is 1. The number of ether oxygens (including phenoxy) is 2. The third-order valence-corrected chi connectivity index (χ3v) is 2.68. The van der Waals surface area contributed by atoms with E-state index in [9.17, 15) is 4.79 Å². The van der Waals surface area contributed by atoms with Crippen LogP contribution < -0.4 is 15.8 Å². The summed E-state index contributed by atoms with van der Waals surface area (Å²) in [6.07, 6.45) is 0.230. The van der Waals surface area contributed by atoms with E-state index in [1.165, 1.54) is 0 Å². The standard InChI is InChI=1S/C13H20N2O3/c1-4-13(2,14)9-18-12(16)15-10-5-7-11(17-3)8-6-10/h5-8H,4,9,14H2,1-3H3,(H,15,16). The minimum Gasteiger partial charge on any atom is -0.497 e. The summed E-state index contributed by atoms with van der Waals surface area (Å²) in [4.78, 5) is 11.5. The van der Waals surface area contributed by atoms with Gasteiger partial charge in [0.15, 0.2) is 0 Å². The molecular weight excluding hydrogens is 232 g/mol. The Morgan fingerprint density at radius 3 is 2.50 bits per heavy atom. The fraction of sp³-hybridized carbons (Fsp3) is 0.462. The minimum atomic E-state index is -0.509. The highest BCUT2D eigenvalue weighted by Gasteiger charge is 2.18. The van der Waals surface area contributed by atoms with E-state index in [4.69, 9.17) is 15.2 Å². The maximum atomic E-state index is 11.5. The smallest absolute Gasteiger partial charge is 0.411 e. The topological polar surface area (TPSA) is 73.6 Å². The van der Waals surface area contributed by atoms with Gasteiger partial charge in [0.25, 0.3) is 0 Å². The molecule has 0 aliphatic carbocycles. The molecule has 5 heteroatoms. The molecule has 0 aromatic heterocycles. The van der Waals surface area contributed by atoms with Crippen LogP contribution in [-0.2, 0) is 4.74 Å². The molecule has 0 heterocycles. The van der Waals surface area contributed by atoms with Gasteiger partial charge in [-0.15, -0.1) is 0 Å². The zero-order valence-electron chi connectivity index (χ0n) is 11.0. The maximum Gasteiger partial charge on any atom is 0.411 e. The van der Waals surface area contributed by atoms with E-state index in [0.29, 0.717) is 5.69 Å². The first-order valence-electron chi connectivity index (χ1n) is 5.83. The van der Waals surface area contributed by atoms with Crippen molar-refractivity contribution < 1.29 is 14.3 Å². The summed E-state index contributed by atoms with van der Waals surface area (Å²) < 4.78 is 10.1. The molecule has 1 unspecified atom stereocenters. The van der Waals surface area contributed by atoms with Crippen molar-refractivity contribution in [3.63, 3.8) is 0 Å². The Kier molecular flexibility index (Phi) is 4.97. The van der Waals surface area contributed by atoms with Crippen molar-refractivity contribution in [3.05, 3.63) is 24.3 Å². The fourth-order valence-electron chi connectivity index (χ4n) is 1.16. The van der Waals surface area contributed by atoms with Crippen molar-refractivity contribution in [1.82, 2.24) is 0 Å². The van der Waals surface area contributed by atoms with E-state index >= 15 is 0 Å². The number of nitrogens with two attached hydrogens (primary N) is 1. The molecule has 0 saturated carbocycles. The quantitative estimate of drug-likeness (QED) is 0.843. The fourth-order valence-corrected chi connectivity index (χ4v) is 1.16. The summed E-state index contributed by atoms with van der Waals surface area (Å²) in [5.74, 6) is 0.731. The number of amides is 1. The summed E-state index contributed by atoms with van der Waals surface area (Å²) in [6.45, 7) is 3.98. The molecule has 1 aromatic carbocycles. The molecular formula is C13H20N2O3. The van der Waals surface area contributed by atoms with E-state index in [1.54, 1.807) is 31.4 Å². The number of hydrogen-bond acceptors (Lipinski definition) is 4. The maximum absolute atomic E-state index is 11.5. The van der Waals surface area contributed by atoms with Gasteiger partial charge >= 0.3 is 6.09 Å². The van der Waals surface area contributed by atoms with Crippen molar-refractivity contribution in [2.24, 2.45) is 5.73 Å². The average Bonchev–Trinajstić information content (AvgIpc) is 2.37. The number of carbonyl (C=O) groups is 1. The monoisotopic (exact) mass is 252 g/mol. The highest BCUT2D eigenvalue weighted by molar-refractivity contribution is 5.84. The van der Waals surface area contributed by atoms with Gasteiger partial charge in [0.1, 0.15) is 12.4 Å². The number of benzene rings is 1. The van der Waals surface area contributed by atoms with E-state index in [0.717, 1.165) is 12.2 Å². The second kappa shape index (κ2) is 6.26. The molecule has 0 saturated heterocycles. The van der Waals surface area contributed by atoms with Crippen molar-refractivity contribution in [1.29, 1.82) is 0 Å². The molecule has 0 radical (unpaired) electrons. The van der Waals surface area contributed by atoms with Crippen molar-refractivity contribution in [2.75, 3.05) is 19.0 Å². The third kappa shape index (κ3) is 4.63. The van der Waals surface area contributed by atoms with Crippen LogP contribution in [0.3, 0.4) is 0 Å². The van der Waals surface area contributed by atoms with Crippen LogP contribution in [0.25, 0.3) is 0 Å². The summed E-state index contributed by atoms with van der Waals surface area (Å²) in [6, 6.07) is 6.99. The van der Waals surface area contributed by atoms with Gasteiger partial charge in [-0.2, -0.15) is 0 Å². The zero-order valence-corrected chi connectivity index (χ0v) is 11.0. The van der Waals surface area contributed by atoms with Gasteiger partial charge in [0.05, 0.1) is 7.11 Å². The van der Waals surface area contributed by atoms with Gasteiger partial charge < -0.3 is 15.2 Å². The Bertz CT molecular complexity index is 388. The Morgan fingerprint density at radius 2 is 2.00 bits per heavy atom. The van der Waals surface area contributed by atoms with Crippen LogP contribution in [0.5, 0.6) is 5.75 Å². The number of carbonyl (C=O) groups excluding carboxylic acids is 1. The summed E-state index contributed by atoms with van der Waals surface area (Å²) >= 11 is 0. The molecule has 0 fully saturated rings.